The summed E-state index contributed by atoms with van der Waals surface area (Å²) >= 11 is 0. The molecule has 0 aliphatic carbocycles. The minimum Gasteiger partial charge on any atom is -0.497 e. The van der Waals surface area contributed by atoms with Crippen LogP contribution in [0.1, 0.15) is 19.5 Å². The minimum absolute atomic E-state index is 0.0860. The summed E-state index contributed by atoms with van der Waals surface area (Å²) in [5, 5.41) is 5.94. The van der Waals surface area contributed by atoms with Gasteiger partial charge in [0.2, 0.25) is 5.91 Å². The number of methoxy groups -OCH3 is 1. The number of hydrogen-bond acceptors (Lipinski definition) is 5. The highest BCUT2D eigenvalue weighted by Crippen LogP contribution is 2.32. The smallest absolute Gasteiger partial charge is 0.243 e. The van der Waals surface area contributed by atoms with E-state index in [-0.39, 0.29) is 5.75 Å². The number of amides is 1. The molecule has 0 saturated heterocycles. The number of nitrogens with zero attached hydrogens (tertiary/aromatic N) is 2. The second-order valence-electron chi connectivity index (χ2n) is 5.74. The minimum atomic E-state index is -3.47. The number of carbonyl (C=O) groups is 1. The van der Waals surface area contributed by atoms with Crippen molar-refractivity contribution in [3.63, 3.8) is 0 Å². The highest BCUT2D eigenvalue weighted by atomic mass is 32.2. The van der Waals surface area contributed by atoms with Gasteiger partial charge in [-0.05, 0) is 31.5 Å². The van der Waals surface area contributed by atoms with Crippen molar-refractivity contribution >= 4 is 21.6 Å². The Kier molecular flexibility index (Phi) is 5.52. The average molecular weight is 365 g/mol. The molecule has 2 rings (SSSR count). The first kappa shape index (κ1) is 19.0. The van der Waals surface area contributed by atoms with Gasteiger partial charge in [0.05, 0.1) is 12.8 Å². The van der Waals surface area contributed by atoms with E-state index in [0.29, 0.717) is 5.82 Å². The molecule has 1 atom stereocenters. The summed E-state index contributed by atoms with van der Waals surface area (Å²) in [5.74, 6) is 0.529. The van der Waals surface area contributed by atoms with Gasteiger partial charge in [-0.3, -0.25) is 9.48 Å². The second kappa shape index (κ2) is 7.26. The maximum Gasteiger partial charge on any atom is 0.243 e. The van der Waals surface area contributed by atoms with Gasteiger partial charge in [-0.15, -0.1) is 0 Å². The lowest BCUT2D eigenvalue weighted by molar-refractivity contribution is -0.115. The number of rotatable bonds is 6. The Hall–Kier alpha value is -2.35. The number of anilines is 1. The molecule has 0 bridgehead atoms. The highest BCUT2D eigenvalue weighted by Gasteiger charge is 2.28. The van der Waals surface area contributed by atoms with Crippen LogP contribution in [0.2, 0.25) is 0 Å². The van der Waals surface area contributed by atoms with E-state index < -0.39 is 21.0 Å². The monoisotopic (exact) mass is 365 g/mol. The Morgan fingerprint density at radius 3 is 2.44 bits per heavy atom. The average Bonchev–Trinajstić information content (AvgIpc) is 2.87. The number of ether oxygens (including phenoxy) is 1. The molecule has 25 heavy (non-hydrogen) atoms. The van der Waals surface area contributed by atoms with E-state index in [1.165, 1.54) is 18.5 Å². The van der Waals surface area contributed by atoms with Crippen LogP contribution < -0.4 is 10.1 Å². The van der Waals surface area contributed by atoms with Crippen molar-refractivity contribution < 1.29 is 17.9 Å². The maximum absolute atomic E-state index is 12.4. The van der Waals surface area contributed by atoms with E-state index in [0.717, 1.165) is 22.6 Å². The van der Waals surface area contributed by atoms with Crippen molar-refractivity contribution in [2.45, 2.75) is 26.0 Å². The molecule has 0 aliphatic heterocycles. The molecule has 0 fully saturated rings. The molecule has 1 N–H and O–H groups in total. The van der Waals surface area contributed by atoms with Gasteiger partial charge in [0.25, 0.3) is 0 Å². The maximum atomic E-state index is 12.4. The van der Waals surface area contributed by atoms with E-state index in [1.807, 2.05) is 31.2 Å². The quantitative estimate of drug-likeness (QED) is 0.847. The van der Waals surface area contributed by atoms with Crippen LogP contribution in [0.15, 0.2) is 24.3 Å². The fourth-order valence-corrected chi connectivity index (χ4v) is 3.42. The zero-order valence-corrected chi connectivity index (χ0v) is 15.8. The van der Waals surface area contributed by atoms with Gasteiger partial charge in [0.15, 0.2) is 9.84 Å². The molecule has 1 aromatic carbocycles. The van der Waals surface area contributed by atoms with E-state index in [4.69, 9.17) is 4.74 Å². The van der Waals surface area contributed by atoms with Gasteiger partial charge >= 0.3 is 0 Å². The lowest BCUT2D eigenvalue weighted by Gasteiger charge is -2.14. The molecular formula is C17H23N3O4S. The molecule has 7 nitrogen and oxygen atoms in total. The summed E-state index contributed by atoms with van der Waals surface area (Å²) in [4.78, 5) is 12.4. The molecule has 0 aliphatic rings. The lowest BCUT2D eigenvalue weighted by atomic mass is 10.1. The molecule has 8 heteroatoms. The van der Waals surface area contributed by atoms with Crippen LogP contribution in [0.5, 0.6) is 5.75 Å². The topological polar surface area (TPSA) is 90.3 Å². The largest absolute Gasteiger partial charge is 0.497 e. The van der Waals surface area contributed by atoms with Gasteiger partial charge in [-0.25, -0.2) is 8.42 Å². The summed E-state index contributed by atoms with van der Waals surface area (Å²) in [6.45, 7) is 4.75. The van der Waals surface area contributed by atoms with Crippen molar-refractivity contribution in [3.05, 3.63) is 30.0 Å². The van der Waals surface area contributed by atoms with E-state index >= 15 is 0 Å². The van der Waals surface area contributed by atoms with Gasteiger partial charge in [0.1, 0.15) is 16.8 Å². The Balaban J connectivity index is 2.40. The molecule has 1 heterocycles. The third-order valence-corrected chi connectivity index (χ3v) is 6.25. The van der Waals surface area contributed by atoms with Crippen LogP contribution in [-0.2, 0) is 21.7 Å². The van der Waals surface area contributed by atoms with Crippen molar-refractivity contribution in [2.24, 2.45) is 7.05 Å². The Morgan fingerprint density at radius 1 is 1.32 bits per heavy atom. The molecule has 0 saturated carbocycles. The SMILES string of the molecule is CCS(=O)(=O)C(C)C(=O)Nc1c(-c2ccc(OC)cc2)c(C)nn1C. The zero-order valence-electron chi connectivity index (χ0n) is 15.0. The summed E-state index contributed by atoms with van der Waals surface area (Å²) in [6.07, 6.45) is 0. The molecule has 0 radical (unpaired) electrons. The van der Waals surface area contributed by atoms with Crippen molar-refractivity contribution in [2.75, 3.05) is 18.2 Å². The standard InChI is InChI=1S/C17H23N3O4S/c1-6-25(22,23)12(3)17(21)18-16-15(11(2)19-20(16)4)13-7-9-14(24-5)10-8-13/h7-10,12H,6H2,1-5H3,(H,18,21). The van der Waals surface area contributed by atoms with Gasteiger partial charge in [-0.2, -0.15) is 5.10 Å². The van der Waals surface area contributed by atoms with Gasteiger partial charge in [0, 0.05) is 18.4 Å². The molecule has 0 spiro atoms. The normalized spacial score (nSPS) is 12.7. The molecule has 2 aromatic rings. The lowest BCUT2D eigenvalue weighted by Crippen LogP contribution is -2.34. The number of sulfone groups is 1. The van der Waals surface area contributed by atoms with E-state index in [2.05, 4.69) is 10.4 Å². The first-order valence-electron chi connectivity index (χ1n) is 7.91. The number of hydrogen-bond donors (Lipinski definition) is 1. The third kappa shape index (κ3) is 3.84. The van der Waals surface area contributed by atoms with Gasteiger partial charge in [-0.1, -0.05) is 19.1 Å². The summed E-state index contributed by atoms with van der Waals surface area (Å²) in [5.41, 5.74) is 2.33. The van der Waals surface area contributed by atoms with E-state index in [1.54, 1.807) is 14.2 Å². The van der Waals surface area contributed by atoms with Crippen LogP contribution >= 0.6 is 0 Å². The van der Waals surface area contributed by atoms with Crippen LogP contribution in [-0.4, -0.2) is 42.2 Å². The summed E-state index contributed by atoms with van der Waals surface area (Å²) < 4.78 is 30.6. The number of carbonyl (C=O) groups excluding carboxylic acids is 1. The number of benzene rings is 1. The zero-order chi connectivity index (χ0) is 18.8. The number of aromatic nitrogens is 2. The van der Waals surface area contributed by atoms with Crippen LogP contribution in [0.3, 0.4) is 0 Å². The molecule has 136 valence electrons. The fourth-order valence-electron chi connectivity index (χ4n) is 2.54. The second-order valence-corrected chi connectivity index (χ2v) is 8.35. The first-order valence-corrected chi connectivity index (χ1v) is 9.63. The molecule has 1 aromatic heterocycles. The van der Waals surface area contributed by atoms with Crippen LogP contribution in [0.4, 0.5) is 5.82 Å². The summed E-state index contributed by atoms with van der Waals surface area (Å²) in [6, 6.07) is 7.37. The number of aryl methyl sites for hydroxylation is 2. The van der Waals surface area contributed by atoms with Crippen molar-refractivity contribution in [1.29, 1.82) is 0 Å². The molecule has 1 unspecified atom stereocenters. The van der Waals surface area contributed by atoms with Gasteiger partial charge < -0.3 is 10.1 Å². The Labute approximate surface area is 147 Å². The third-order valence-electron chi connectivity index (χ3n) is 4.15. The summed E-state index contributed by atoms with van der Waals surface area (Å²) in [7, 11) is -0.176. The predicted molar refractivity (Wildman–Crippen MR) is 97.5 cm³/mol. The molecule has 1 amide bonds. The Morgan fingerprint density at radius 2 is 1.92 bits per heavy atom. The Bertz CT molecular complexity index is 870. The predicted octanol–water partition coefficient (Wildman–Crippen LogP) is 2.17. The van der Waals surface area contributed by atoms with Crippen molar-refractivity contribution in [3.8, 4) is 16.9 Å². The fraction of sp³-hybridized carbons (Fsp3) is 0.412. The highest BCUT2D eigenvalue weighted by molar-refractivity contribution is 7.92. The van der Waals surface area contributed by atoms with Crippen LogP contribution in [0, 0.1) is 6.92 Å². The van der Waals surface area contributed by atoms with E-state index in [9.17, 15) is 13.2 Å². The first-order chi connectivity index (χ1) is 11.7. The van der Waals surface area contributed by atoms with Crippen molar-refractivity contribution in [1.82, 2.24) is 9.78 Å². The van der Waals surface area contributed by atoms with Crippen LogP contribution in [0.25, 0.3) is 11.1 Å². The number of nitrogens with one attached hydrogen (secondary N) is 1. The molecular weight excluding hydrogens is 342 g/mol.